The van der Waals surface area contributed by atoms with E-state index in [0.717, 1.165) is 26.2 Å². The van der Waals surface area contributed by atoms with Crippen molar-refractivity contribution in [1.82, 2.24) is 15.1 Å². The quantitative estimate of drug-likeness (QED) is 0.760. The maximum atomic E-state index is 11.4. The van der Waals surface area contributed by atoms with E-state index in [1.54, 1.807) is 6.20 Å². The number of aliphatic hydroxyl groups excluding tert-OH is 1. The second kappa shape index (κ2) is 8.81. The van der Waals surface area contributed by atoms with Gasteiger partial charge in [0.25, 0.3) is 0 Å². The van der Waals surface area contributed by atoms with Gasteiger partial charge in [0.2, 0.25) is 0 Å². The van der Waals surface area contributed by atoms with E-state index in [-0.39, 0.29) is 12.8 Å². The van der Waals surface area contributed by atoms with E-state index in [1.807, 2.05) is 43.9 Å². The molecule has 0 aliphatic carbocycles. The number of piperazine rings is 1. The van der Waals surface area contributed by atoms with Crippen molar-refractivity contribution in [3.8, 4) is 0 Å². The molecule has 1 saturated heterocycles. The predicted octanol–water partition coefficient (Wildman–Crippen LogP) is 1.15. The monoisotopic (exact) mass is 297 g/mol. The van der Waals surface area contributed by atoms with Crippen LogP contribution >= 0.6 is 0 Å². The highest BCUT2D eigenvalue weighted by Gasteiger charge is 2.20. The molecule has 0 aromatic rings. The standard InChI is InChI=1S/C10H15NO2.C5H12N2O/c1-10(2,3)13-9(12)11-7-5-4-6-8-11;8-5-7-3-1-6-2-4-7/h4-7H,8H2,1-3H3;6,8H,1-5H2. The fourth-order valence-corrected chi connectivity index (χ4v) is 1.78. The van der Waals surface area contributed by atoms with Crippen LogP contribution in [0.2, 0.25) is 0 Å². The third kappa shape index (κ3) is 7.84. The molecule has 0 bridgehead atoms. The van der Waals surface area contributed by atoms with Crippen molar-refractivity contribution in [2.75, 3.05) is 39.5 Å². The lowest BCUT2D eigenvalue weighted by molar-refractivity contribution is 0.0350. The van der Waals surface area contributed by atoms with Gasteiger partial charge in [-0.15, -0.1) is 0 Å². The second-order valence-electron chi connectivity index (χ2n) is 5.91. The summed E-state index contributed by atoms with van der Waals surface area (Å²) in [7, 11) is 0. The van der Waals surface area contributed by atoms with Gasteiger partial charge >= 0.3 is 6.09 Å². The summed E-state index contributed by atoms with van der Waals surface area (Å²) < 4.78 is 5.18. The number of ether oxygens (including phenoxy) is 1. The molecule has 1 amide bonds. The number of hydrogen-bond acceptors (Lipinski definition) is 5. The van der Waals surface area contributed by atoms with Gasteiger partial charge < -0.3 is 15.2 Å². The van der Waals surface area contributed by atoms with Crippen LogP contribution < -0.4 is 5.32 Å². The Morgan fingerprint density at radius 3 is 2.38 bits per heavy atom. The van der Waals surface area contributed by atoms with Crippen LogP contribution in [0.15, 0.2) is 24.4 Å². The molecule has 0 spiro atoms. The summed E-state index contributed by atoms with van der Waals surface area (Å²) in [6.45, 7) is 10.4. The minimum absolute atomic E-state index is 0.210. The summed E-state index contributed by atoms with van der Waals surface area (Å²) in [4.78, 5) is 15.0. The number of aliphatic hydroxyl groups is 1. The smallest absolute Gasteiger partial charge is 0.414 e. The third-order valence-electron chi connectivity index (χ3n) is 2.85. The van der Waals surface area contributed by atoms with E-state index in [9.17, 15) is 4.79 Å². The van der Waals surface area contributed by atoms with Crippen molar-refractivity contribution in [2.24, 2.45) is 0 Å². The van der Waals surface area contributed by atoms with E-state index in [2.05, 4.69) is 5.32 Å². The fourth-order valence-electron chi connectivity index (χ4n) is 1.78. The maximum Gasteiger partial charge on any atom is 0.414 e. The van der Waals surface area contributed by atoms with Gasteiger partial charge in [-0.25, -0.2) is 4.79 Å². The molecule has 2 N–H and O–H groups in total. The van der Waals surface area contributed by atoms with Crippen molar-refractivity contribution >= 4 is 6.09 Å². The highest BCUT2D eigenvalue weighted by molar-refractivity contribution is 5.70. The summed E-state index contributed by atoms with van der Waals surface area (Å²) >= 11 is 0. The molecule has 1 fully saturated rings. The molecule has 2 aliphatic rings. The van der Waals surface area contributed by atoms with Crippen LogP contribution in [0, 0.1) is 0 Å². The van der Waals surface area contributed by atoms with Crippen LogP contribution in [0.3, 0.4) is 0 Å². The summed E-state index contributed by atoms with van der Waals surface area (Å²) in [5.41, 5.74) is -0.425. The van der Waals surface area contributed by atoms with Gasteiger partial charge in [-0.1, -0.05) is 12.2 Å². The number of nitrogens with zero attached hydrogens (tertiary/aromatic N) is 2. The minimum atomic E-state index is -0.425. The fraction of sp³-hybridized carbons (Fsp3) is 0.667. The van der Waals surface area contributed by atoms with Crippen molar-refractivity contribution < 1.29 is 14.6 Å². The molecule has 0 aromatic carbocycles. The Morgan fingerprint density at radius 1 is 1.29 bits per heavy atom. The van der Waals surface area contributed by atoms with Crippen LogP contribution in [0.1, 0.15) is 20.8 Å². The molecule has 0 aromatic heterocycles. The Morgan fingerprint density at radius 2 is 1.95 bits per heavy atom. The van der Waals surface area contributed by atoms with E-state index < -0.39 is 5.60 Å². The number of carbonyl (C=O) groups is 1. The number of allylic oxidation sites excluding steroid dienone is 2. The van der Waals surface area contributed by atoms with E-state index in [1.165, 1.54) is 4.90 Å². The first-order valence-electron chi connectivity index (χ1n) is 7.29. The Bertz CT molecular complexity index is 369. The van der Waals surface area contributed by atoms with Gasteiger partial charge in [0.15, 0.2) is 0 Å². The van der Waals surface area contributed by atoms with Crippen LogP contribution in [0.4, 0.5) is 4.79 Å². The molecule has 0 unspecified atom stereocenters. The number of carbonyl (C=O) groups excluding carboxylic acids is 1. The minimum Gasteiger partial charge on any atom is -0.443 e. The number of rotatable bonds is 1. The molecule has 0 saturated carbocycles. The number of hydrogen-bond donors (Lipinski definition) is 2. The Labute approximate surface area is 127 Å². The topological polar surface area (TPSA) is 65.0 Å². The molecule has 6 heteroatoms. The molecule has 21 heavy (non-hydrogen) atoms. The van der Waals surface area contributed by atoms with Gasteiger partial charge in [0.05, 0.1) is 6.73 Å². The summed E-state index contributed by atoms with van der Waals surface area (Å²) in [5.74, 6) is 0. The molecule has 120 valence electrons. The normalized spacial score (nSPS) is 19.0. The van der Waals surface area contributed by atoms with Gasteiger partial charge in [-0.2, -0.15) is 0 Å². The molecule has 6 nitrogen and oxygen atoms in total. The lowest BCUT2D eigenvalue weighted by Gasteiger charge is -2.25. The van der Waals surface area contributed by atoms with Crippen molar-refractivity contribution in [3.63, 3.8) is 0 Å². The molecular formula is C15H27N3O3. The summed E-state index contributed by atoms with van der Waals surface area (Å²) in [6, 6.07) is 0. The van der Waals surface area contributed by atoms with E-state index in [4.69, 9.17) is 9.84 Å². The first kappa shape index (κ1) is 17.7. The van der Waals surface area contributed by atoms with Crippen LogP contribution in [-0.4, -0.2) is 66.1 Å². The Kier molecular flexibility index (Phi) is 7.42. The molecule has 2 rings (SSSR count). The van der Waals surface area contributed by atoms with Crippen molar-refractivity contribution in [3.05, 3.63) is 24.4 Å². The SMILES string of the molecule is CC(C)(C)OC(=O)N1C=CC=CC1.OCN1CCNCC1. The highest BCUT2D eigenvalue weighted by Crippen LogP contribution is 2.11. The van der Waals surface area contributed by atoms with Crippen LogP contribution in [0.5, 0.6) is 0 Å². The summed E-state index contributed by atoms with van der Waals surface area (Å²) in [5, 5.41) is 11.8. The van der Waals surface area contributed by atoms with Crippen molar-refractivity contribution in [2.45, 2.75) is 26.4 Å². The predicted molar refractivity (Wildman–Crippen MR) is 82.7 cm³/mol. The van der Waals surface area contributed by atoms with Gasteiger partial charge in [-0.05, 0) is 26.8 Å². The van der Waals surface area contributed by atoms with Gasteiger partial charge in [0, 0.05) is 38.9 Å². The average molecular weight is 297 g/mol. The molecule has 2 heterocycles. The Balaban J connectivity index is 0.000000235. The Hall–Kier alpha value is -1.37. The van der Waals surface area contributed by atoms with Crippen LogP contribution in [-0.2, 0) is 4.74 Å². The zero-order valence-corrected chi connectivity index (χ0v) is 13.2. The van der Waals surface area contributed by atoms with E-state index >= 15 is 0 Å². The second-order valence-corrected chi connectivity index (χ2v) is 5.91. The molecule has 0 atom stereocenters. The number of nitrogens with one attached hydrogen (secondary N) is 1. The zero-order chi connectivity index (χ0) is 15.7. The van der Waals surface area contributed by atoms with Crippen LogP contribution in [0.25, 0.3) is 0 Å². The lowest BCUT2D eigenvalue weighted by atomic mass is 10.2. The largest absolute Gasteiger partial charge is 0.443 e. The highest BCUT2D eigenvalue weighted by atomic mass is 16.6. The first-order valence-corrected chi connectivity index (χ1v) is 7.29. The van der Waals surface area contributed by atoms with Gasteiger partial charge in [0.1, 0.15) is 5.60 Å². The van der Waals surface area contributed by atoms with Gasteiger partial charge in [-0.3, -0.25) is 9.80 Å². The molecule has 2 aliphatic heterocycles. The molecule has 0 radical (unpaired) electrons. The first-order chi connectivity index (χ1) is 9.92. The third-order valence-corrected chi connectivity index (χ3v) is 2.85. The van der Waals surface area contributed by atoms with E-state index in [0.29, 0.717) is 6.54 Å². The summed E-state index contributed by atoms with van der Waals surface area (Å²) in [6.07, 6.45) is 7.04. The number of amides is 1. The average Bonchev–Trinajstić information content (AvgIpc) is 2.48. The molecular weight excluding hydrogens is 270 g/mol. The van der Waals surface area contributed by atoms with Crippen molar-refractivity contribution in [1.29, 1.82) is 0 Å². The lowest BCUT2D eigenvalue weighted by Crippen LogP contribution is -2.43. The maximum absolute atomic E-state index is 11.4. The zero-order valence-electron chi connectivity index (χ0n) is 13.2.